The molecule has 2 amide bonds. The van der Waals surface area contributed by atoms with Crippen LogP contribution in [0.5, 0.6) is 11.5 Å². The maximum absolute atomic E-state index is 14.9. The number of amides is 2. The highest BCUT2D eigenvalue weighted by Gasteiger charge is 2.51. The van der Waals surface area contributed by atoms with Crippen LogP contribution in [-0.2, 0) is 9.59 Å². The molecule has 0 aliphatic heterocycles. The second kappa shape index (κ2) is 10.6. The Hall–Kier alpha value is -2.84. The van der Waals surface area contributed by atoms with Crippen LogP contribution in [0.3, 0.4) is 0 Å². The van der Waals surface area contributed by atoms with Crippen molar-refractivity contribution in [3.05, 3.63) is 23.5 Å². The summed E-state index contributed by atoms with van der Waals surface area (Å²) in [6, 6.07) is 2.24. The Labute approximate surface area is 229 Å². The van der Waals surface area contributed by atoms with E-state index in [0.717, 1.165) is 38.2 Å². The number of ether oxygens (including phenoxy) is 2. The smallest absolute Gasteiger partial charge is 0.309 e. The van der Waals surface area contributed by atoms with Gasteiger partial charge in [0.1, 0.15) is 5.75 Å². The second-order valence-electron chi connectivity index (χ2n) is 12.9. The lowest BCUT2D eigenvalue weighted by molar-refractivity contribution is -0.150. The van der Waals surface area contributed by atoms with Crippen LogP contribution in [0.1, 0.15) is 88.4 Å². The molecule has 0 spiro atoms. The van der Waals surface area contributed by atoms with Gasteiger partial charge in [0.25, 0.3) is 5.91 Å². The lowest BCUT2D eigenvalue weighted by Crippen LogP contribution is -2.51. The Bertz CT molecular complexity index is 1130. The normalized spacial score (nSPS) is 32.7. The van der Waals surface area contributed by atoms with Gasteiger partial charge in [-0.25, -0.2) is 4.39 Å². The Morgan fingerprint density at radius 2 is 1.72 bits per heavy atom. The molecule has 9 heteroatoms. The molecule has 4 aliphatic carbocycles. The number of benzene rings is 1. The van der Waals surface area contributed by atoms with E-state index in [1.165, 1.54) is 19.6 Å². The van der Waals surface area contributed by atoms with Crippen LogP contribution in [-0.4, -0.2) is 48.7 Å². The molecule has 5 rings (SSSR count). The molecule has 214 valence electrons. The van der Waals surface area contributed by atoms with Gasteiger partial charge >= 0.3 is 5.97 Å². The first-order valence-electron chi connectivity index (χ1n) is 14.4. The fourth-order valence-electron chi connectivity index (χ4n) is 7.19. The molecule has 4 aliphatic rings. The van der Waals surface area contributed by atoms with E-state index in [4.69, 9.17) is 9.47 Å². The van der Waals surface area contributed by atoms with Gasteiger partial charge in [-0.3, -0.25) is 14.4 Å². The fourth-order valence-corrected chi connectivity index (χ4v) is 7.19. The van der Waals surface area contributed by atoms with Crippen LogP contribution in [0.2, 0.25) is 0 Å². The molecule has 2 bridgehead atoms. The molecular formula is C30H41FN2O6. The summed E-state index contributed by atoms with van der Waals surface area (Å²) in [6.07, 6.45) is 7.84. The molecule has 0 unspecified atom stereocenters. The van der Waals surface area contributed by atoms with E-state index in [9.17, 15) is 23.9 Å². The van der Waals surface area contributed by atoms with E-state index in [1.54, 1.807) is 6.92 Å². The van der Waals surface area contributed by atoms with Gasteiger partial charge in [-0.1, -0.05) is 13.3 Å². The zero-order valence-electron chi connectivity index (χ0n) is 23.2. The number of hydrogen-bond acceptors (Lipinski definition) is 5. The predicted octanol–water partition coefficient (Wildman–Crippen LogP) is 4.70. The van der Waals surface area contributed by atoms with E-state index in [2.05, 4.69) is 17.6 Å². The lowest BCUT2D eigenvalue weighted by atomic mass is 9.70. The number of halogens is 1. The monoisotopic (exact) mass is 544 g/mol. The van der Waals surface area contributed by atoms with Gasteiger partial charge in [0.2, 0.25) is 5.91 Å². The van der Waals surface area contributed by atoms with Crippen molar-refractivity contribution in [2.24, 2.45) is 28.6 Å². The molecule has 3 N–H and O–H groups in total. The number of carboxylic acids is 1. The van der Waals surface area contributed by atoms with Crippen molar-refractivity contribution >= 4 is 17.8 Å². The SMILES string of the molecule is COc1cc(F)c(OC2CCC(C)(C(=O)O)CC2)cc1C(=O)N[C@@H]1[C@H]2CC[C@H](C2)[C@H]1C(=O)NCC1(C)CCC1. The molecule has 0 radical (unpaired) electrons. The third-order valence-electron chi connectivity index (χ3n) is 10.1. The summed E-state index contributed by atoms with van der Waals surface area (Å²) in [7, 11) is 1.38. The Balaban J connectivity index is 1.28. The molecule has 4 atom stereocenters. The summed E-state index contributed by atoms with van der Waals surface area (Å²) in [4.78, 5) is 38.4. The zero-order valence-corrected chi connectivity index (χ0v) is 23.2. The van der Waals surface area contributed by atoms with E-state index in [-0.39, 0.29) is 58.3 Å². The summed E-state index contributed by atoms with van der Waals surface area (Å²) in [5.74, 6) is -1.61. The summed E-state index contributed by atoms with van der Waals surface area (Å²) in [5, 5.41) is 15.8. The average Bonchev–Trinajstić information content (AvgIpc) is 3.50. The first-order chi connectivity index (χ1) is 18.5. The molecule has 1 aromatic carbocycles. The number of carbonyl (C=O) groups excluding carboxylic acids is 2. The third-order valence-corrected chi connectivity index (χ3v) is 10.1. The molecular weight excluding hydrogens is 503 g/mol. The number of rotatable bonds is 9. The van der Waals surface area contributed by atoms with E-state index in [1.807, 2.05) is 0 Å². The topological polar surface area (TPSA) is 114 Å². The molecule has 0 heterocycles. The first-order valence-corrected chi connectivity index (χ1v) is 14.4. The Morgan fingerprint density at radius 3 is 2.33 bits per heavy atom. The van der Waals surface area contributed by atoms with Crippen molar-refractivity contribution in [2.45, 2.75) is 90.2 Å². The minimum atomic E-state index is -0.833. The standard InChI is InChI=1S/C30H41FN2O6/c1-29(9-4-10-29)16-32-27(35)24-17-5-6-18(13-17)25(24)33-26(34)20-14-23(21(31)15-22(20)38-3)39-19-7-11-30(2,12-8-19)28(36)37/h14-15,17-19,24-25H,4-13,16H2,1-3H3,(H,32,35)(H,33,34)(H,36,37)/t17-,18+,19?,24-,25-,30?/m1/s1. The molecule has 4 saturated carbocycles. The molecule has 0 saturated heterocycles. The number of aliphatic carboxylic acids is 1. The van der Waals surface area contributed by atoms with Crippen LogP contribution in [0.4, 0.5) is 4.39 Å². The van der Waals surface area contributed by atoms with Crippen molar-refractivity contribution in [1.82, 2.24) is 10.6 Å². The zero-order chi connectivity index (χ0) is 27.9. The van der Waals surface area contributed by atoms with Crippen molar-refractivity contribution < 1.29 is 33.4 Å². The minimum Gasteiger partial charge on any atom is -0.496 e. The van der Waals surface area contributed by atoms with Gasteiger partial charge in [0.15, 0.2) is 11.6 Å². The summed E-state index contributed by atoms with van der Waals surface area (Å²) in [5.41, 5.74) is -0.472. The lowest BCUT2D eigenvalue weighted by Gasteiger charge is -2.39. The van der Waals surface area contributed by atoms with Crippen LogP contribution in [0.15, 0.2) is 12.1 Å². The summed E-state index contributed by atoms with van der Waals surface area (Å²) >= 11 is 0. The molecule has 0 aromatic heterocycles. The number of nitrogens with one attached hydrogen (secondary N) is 2. The fraction of sp³-hybridized carbons (Fsp3) is 0.700. The van der Waals surface area contributed by atoms with Gasteiger partial charge < -0.3 is 25.2 Å². The highest BCUT2D eigenvalue weighted by Crippen LogP contribution is 2.49. The van der Waals surface area contributed by atoms with Gasteiger partial charge in [-0.15, -0.1) is 0 Å². The molecule has 1 aromatic rings. The average molecular weight is 545 g/mol. The molecule has 8 nitrogen and oxygen atoms in total. The quantitative estimate of drug-likeness (QED) is 0.415. The summed E-state index contributed by atoms with van der Waals surface area (Å²) < 4.78 is 26.2. The van der Waals surface area contributed by atoms with E-state index in [0.29, 0.717) is 32.2 Å². The van der Waals surface area contributed by atoms with Crippen LogP contribution >= 0.6 is 0 Å². The highest BCUT2D eigenvalue weighted by atomic mass is 19.1. The summed E-state index contributed by atoms with van der Waals surface area (Å²) in [6.45, 7) is 4.59. The number of methoxy groups -OCH3 is 1. The number of fused-ring (bicyclic) bond motifs is 2. The van der Waals surface area contributed by atoms with Crippen molar-refractivity contribution in [2.75, 3.05) is 13.7 Å². The van der Waals surface area contributed by atoms with Crippen molar-refractivity contribution in [3.8, 4) is 11.5 Å². The van der Waals surface area contributed by atoms with Crippen LogP contribution in [0, 0.1) is 34.4 Å². The number of hydrogen-bond donors (Lipinski definition) is 3. The minimum absolute atomic E-state index is 0.0152. The van der Waals surface area contributed by atoms with E-state index < -0.39 is 23.1 Å². The largest absolute Gasteiger partial charge is 0.496 e. The maximum Gasteiger partial charge on any atom is 0.309 e. The van der Waals surface area contributed by atoms with Crippen LogP contribution in [0.25, 0.3) is 0 Å². The number of carboxylic acid groups (broad SMARTS) is 1. The van der Waals surface area contributed by atoms with Gasteiger partial charge in [-0.05, 0) is 88.0 Å². The molecule has 39 heavy (non-hydrogen) atoms. The maximum atomic E-state index is 14.9. The first kappa shape index (κ1) is 27.7. The Kier molecular flexibility index (Phi) is 7.55. The van der Waals surface area contributed by atoms with Crippen molar-refractivity contribution in [1.29, 1.82) is 0 Å². The Morgan fingerprint density at radius 1 is 1.03 bits per heavy atom. The van der Waals surface area contributed by atoms with Crippen molar-refractivity contribution in [3.63, 3.8) is 0 Å². The molecule has 4 fully saturated rings. The third kappa shape index (κ3) is 5.46. The predicted molar refractivity (Wildman–Crippen MR) is 142 cm³/mol. The van der Waals surface area contributed by atoms with E-state index >= 15 is 0 Å². The second-order valence-corrected chi connectivity index (χ2v) is 12.9. The number of carbonyl (C=O) groups is 3. The van der Waals surface area contributed by atoms with Gasteiger partial charge in [0, 0.05) is 18.7 Å². The van der Waals surface area contributed by atoms with Gasteiger partial charge in [-0.2, -0.15) is 0 Å². The van der Waals surface area contributed by atoms with Gasteiger partial charge in [0.05, 0.1) is 30.1 Å². The van der Waals surface area contributed by atoms with Crippen LogP contribution < -0.4 is 20.1 Å². The highest BCUT2D eigenvalue weighted by molar-refractivity contribution is 5.98.